The van der Waals surface area contributed by atoms with Crippen LogP contribution >= 0.6 is 0 Å². The fourth-order valence-corrected chi connectivity index (χ4v) is 3.08. The maximum atomic E-state index is 5.92. The molecule has 0 bridgehead atoms. The van der Waals surface area contributed by atoms with E-state index in [-0.39, 0.29) is 0 Å². The maximum absolute atomic E-state index is 5.92. The Morgan fingerprint density at radius 3 is 2.85 bits per heavy atom. The molecule has 0 spiro atoms. The Hall–Kier alpha value is -1.06. The van der Waals surface area contributed by atoms with Gasteiger partial charge in [0.25, 0.3) is 0 Å². The van der Waals surface area contributed by atoms with Gasteiger partial charge in [0.05, 0.1) is 12.2 Å². The zero-order valence-corrected chi connectivity index (χ0v) is 12.5. The second-order valence-electron chi connectivity index (χ2n) is 5.95. The van der Waals surface area contributed by atoms with Crippen molar-refractivity contribution in [2.75, 3.05) is 13.2 Å². The van der Waals surface area contributed by atoms with Crippen LogP contribution in [-0.4, -0.2) is 25.4 Å². The molecule has 3 rings (SSSR count). The molecule has 3 unspecified atom stereocenters. The largest absolute Gasteiger partial charge is 0.490 e. The first-order valence-electron chi connectivity index (χ1n) is 7.89. The Morgan fingerprint density at radius 2 is 2.20 bits per heavy atom. The van der Waals surface area contributed by atoms with Gasteiger partial charge in [-0.15, -0.1) is 0 Å². The lowest BCUT2D eigenvalue weighted by Crippen LogP contribution is -2.31. The summed E-state index contributed by atoms with van der Waals surface area (Å²) >= 11 is 0. The minimum atomic E-state index is 0.326. The minimum absolute atomic E-state index is 0.326. The highest BCUT2D eigenvalue weighted by atomic mass is 16.5. The van der Waals surface area contributed by atoms with Gasteiger partial charge in [-0.25, -0.2) is 0 Å². The molecule has 1 aliphatic carbocycles. The second kappa shape index (κ2) is 6.15. The molecule has 20 heavy (non-hydrogen) atoms. The van der Waals surface area contributed by atoms with Crippen molar-refractivity contribution in [1.82, 2.24) is 5.32 Å². The van der Waals surface area contributed by atoms with Gasteiger partial charge in [0.1, 0.15) is 5.75 Å². The molecular weight excluding hydrogens is 250 g/mol. The zero-order chi connectivity index (χ0) is 13.9. The highest BCUT2D eigenvalue weighted by Gasteiger charge is 2.32. The van der Waals surface area contributed by atoms with Crippen LogP contribution in [0, 0.1) is 5.92 Å². The van der Waals surface area contributed by atoms with E-state index >= 15 is 0 Å². The third kappa shape index (κ3) is 3.15. The molecule has 1 saturated heterocycles. The average molecular weight is 275 g/mol. The van der Waals surface area contributed by atoms with Crippen LogP contribution < -0.4 is 10.1 Å². The van der Waals surface area contributed by atoms with Gasteiger partial charge >= 0.3 is 0 Å². The third-order valence-corrected chi connectivity index (χ3v) is 4.33. The van der Waals surface area contributed by atoms with E-state index in [0.29, 0.717) is 24.2 Å². The lowest BCUT2D eigenvalue weighted by molar-refractivity contribution is 0.0955. The summed E-state index contributed by atoms with van der Waals surface area (Å²) in [6, 6.07) is 8.95. The maximum Gasteiger partial charge on any atom is 0.120 e. The van der Waals surface area contributed by atoms with Gasteiger partial charge in [-0.1, -0.05) is 19.1 Å². The average Bonchev–Trinajstić information content (AvgIpc) is 3.16. The van der Waals surface area contributed by atoms with E-state index < -0.39 is 0 Å². The first-order chi connectivity index (χ1) is 9.78. The molecule has 1 saturated carbocycles. The molecule has 2 aliphatic rings. The van der Waals surface area contributed by atoms with E-state index in [1.807, 2.05) is 0 Å². The van der Waals surface area contributed by atoms with Crippen LogP contribution in [0.2, 0.25) is 0 Å². The van der Waals surface area contributed by atoms with Crippen molar-refractivity contribution < 1.29 is 9.47 Å². The Bertz CT molecular complexity index is 444. The molecule has 1 aromatic carbocycles. The molecule has 3 atom stereocenters. The van der Waals surface area contributed by atoms with Crippen LogP contribution in [0.5, 0.6) is 5.75 Å². The number of rotatable bonds is 6. The predicted molar refractivity (Wildman–Crippen MR) is 80.0 cm³/mol. The molecule has 110 valence electrons. The quantitative estimate of drug-likeness (QED) is 0.864. The van der Waals surface area contributed by atoms with Crippen molar-refractivity contribution in [3.05, 3.63) is 29.8 Å². The van der Waals surface area contributed by atoms with Crippen LogP contribution in [0.15, 0.2) is 24.3 Å². The van der Waals surface area contributed by atoms with Gasteiger partial charge < -0.3 is 14.8 Å². The van der Waals surface area contributed by atoms with Crippen molar-refractivity contribution in [3.8, 4) is 5.75 Å². The van der Waals surface area contributed by atoms with Crippen molar-refractivity contribution in [3.63, 3.8) is 0 Å². The summed E-state index contributed by atoms with van der Waals surface area (Å²) in [4.78, 5) is 0. The molecule has 0 aromatic heterocycles. The number of nitrogens with one attached hydrogen (secondary N) is 1. The highest BCUT2D eigenvalue weighted by molar-refractivity contribution is 5.31. The molecule has 0 radical (unpaired) electrons. The van der Waals surface area contributed by atoms with Crippen molar-refractivity contribution in [2.24, 2.45) is 5.92 Å². The Balaban J connectivity index is 1.78. The molecule has 3 heteroatoms. The SMILES string of the molecule is CCNC(c1cccc(OC2CC2)c1)C1CCOC1C. The molecule has 1 aromatic rings. The number of hydrogen-bond donors (Lipinski definition) is 1. The lowest BCUT2D eigenvalue weighted by Gasteiger charge is -2.27. The first kappa shape index (κ1) is 13.9. The summed E-state index contributed by atoms with van der Waals surface area (Å²) in [5, 5.41) is 3.63. The molecule has 1 heterocycles. The third-order valence-electron chi connectivity index (χ3n) is 4.33. The molecule has 1 N–H and O–H groups in total. The van der Waals surface area contributed by atoms with Crippen molar-refractivity contribution in [1.29, 1.82) is 0 Å². The highest BCUT2D eigenvalue weighted by Crippen LogP contribution is 2.35. The lowest BCUT2D eigenvalue weighted by atomic mass is 9.88. The molecule has 0 amide bonds. The fraction of sp³-hybridized carbons (Fsp3) is 0.647. The van der Waals surface area contributed by atoms with Crippen LogP contribution in [-0.2, 0) is 4.74 Å². The van der Waals surface area contributed by atoms with E-state index in [9.17, 15) is 0 Å². The standard InChI is InChI=1S/C17H25NO2/c1-3-18-17(16-9-10-19-12(16)2)13-5-4-6-15(11-13)20-14-7-8-14/h4-6,11-12,14,16-18H,3,7-10H2,1-2H3. The van der Waals surface area contributed by atoms with Crippen molar-refractivity contribution >= 4 is 0 Å². The normalized spacial score (nSPS) is 27.5. The zero-order valence-electron chi connectivity index (χ0n) is 12.5. The minimum Gasteiger partial charge on any atom is -0.490 e. The van der Waals surface area contributed by atoms with E-state index in [0.717, 1.165) is 25.3 Å². The van der Waals surface area contributed by atoms with E-state index in [1.165, 1.54) is 18.4 Å². The molecule has 3 nitrogen and oxygen atoms in total. The second-order valence-corrected chi connectivity index (χ2v) is 5.95. The van der Waals surface area contributed by atoms with Crippen LogP contribution in [0.25, 0.3) is 0 Å². The van der Waals surface area contributed by atoms with Gasteiger partial charge in [-0.05, 0) is 50.4 Å². The van der Waals surface area contributed by atoms with Gasteiger partial charge in [0.15, 0.2) is 0 Å². The summed E-state index contributed by atoms with van der Waals surface area (Å²) < 4.78 is 11.7. The fourth-order valence-electron chi connectivity index (χ4n) is 3.08. The van der Waals surface area contributed by atoms with Crippen LogP contribution in [0.4, 0.5) is 0 Å². The summed E-state index contributed by atoms with van der Waals surface area (Å²) in [5.41, 5.74) is 1.33. The monoisotopic (exact) mass is 275 g/mol. The molecule has 2 fully saturated rings. The van der Waals surface area contributed by atoms with E-state index in [1.54, 1.807) is 0 Å². The summed E-state index contributed by atoms with van der Waals surface area (Å²) in [6.45, 7) is 6.21. The van der Waals surface area contributed by atoms with Gasteiger partial charge in [-0.3, -0.25) is 0 Å². The number of benzene rings is 1. The number of hydrogen-bond acceptors (Lipinski definition) is 3. The van der Waals surface area contributed by atoms with Crippen LogP contribution in [0.1, 0.15) is 44.7 Å². The Kier molecular flexibility index (Phi) is 4.27. The van der Waals surface area contributed by atoms with Crippen molar-refractivity contribution in [2.45, 2.75) is 51.4 Å². The first-order valence-corrected chi connectivity index (χ1v) is 7.89. The van der Waals surface area contributed by atoms with E-state index in [2.05, 4.69) is 43.4 Å². The topological polar surface area (TPSA) is 30.5 Å². The summed E-state index contributed by atoms with van der Waals surface area (Å²) in [7, 11) is 0. The predicted octanol–water partition coefficient (Wildman–Crippen LogP) is 3.30. The molecular formula is C17H25NO2. The summed E-state index contributed by atoms with van der Waals surface area (Å²) in [5.74, 6) is 1.56. The Labute approximate surface area is 121 Å². The Morgan fingerprint density at radius 1 is 1.35 bits per heavy atom. The van der Waals surface area contributed by atoms with Crippen LogP contribution in [0.3, 0.4) is 0 Å². The number of ether oxygens (including phenoxy) is 2. The summed E-state index contributed by atoms with van der Waals surface area (Å²) in [6.07, 6.45) is 4.32. The smallest absolute Gasteiger partial charge is 0.120 e. The van der Waals surface area contributed by atoms with E-state index in [4.69, 9.17) is 9.47 Å². The van der Waals surface area contributed by atoms with Gasteiger partial charge in [0.2, 0.25) is 0 Å². The molecule has 1 aliphatic heterocycles. The van der Waals surface area contributed by atoms with Gasteiger partial charge in [0, 0.05) is 18.6 Å². The van der Waals surface area contributed by atoms with Gasteiger partial charge in [-0.2, -0.15) is 0 Å².